The molecule has 2 fully saturated rings. The van der Waals surface area contributed by atoms with Crippen molar-refractivity contribution in [1.82, 2.24) is 10.6 Å². The molecule has 2 nitrogen and oxygen atoms in total. The van der Waals surface area contributed by atoms with Crippen molar-refractivity contribution in [3.63, 3.8) is 0 Å². The molecule has 2 aliphatic rings. The van der Waals surface area contributed by atoms with Crippen LogP contribution in [0.4, 0.5) is 0 Å². The minimum atomic E-state index is 0.727. The molecule has 2 heteroatoms. The number of rotatable bonds is 6. The second-order valence-electron chi connectivity index (χ2n) is 6.72. The van der Waals surface area contributed by atoms with E-state index >= 15 is 0 Å². The van der Waals surface area contributed by atoms with Gasteiger partial charge in [0.05, 0.1) is 0 Å². The largest absolute Gasteiger partial charge is 0.317 e. The van der Waals surface area contributed by atoms with Crippen LogP contribution in [-0.2, 0) is 0 Å². The van der Waals surface area contributed by atoms with Crippen LogP contribution < -0.4 is 10.6 Å². The number of hydrogen-bond acceptors (Lipinski definition) is 2. The van der Waals surface area contributed by atoms with Crippen LogP contribution in [0, 0.1) is 17.8 Å². The smallest absolute Gasteiger partial charge is 0.00463 e. The summed E-state index contributed by atoms with van der Waals surface area (Å²) in [7, 11) is 0. The third-order valence-corrected chi connectivity index (χ3v) is 5.17. The van der Waals surface area contributed by atoms with Crippen molar-refractivity contribution in [2.75, 3.05) is 26.2 Å². The maximum Gasteiger partial charge on any atom is -0.00463 e. The van der Waals surface area contributed by atoms with Crippen molar-refractivity contribution in [1.29, 1.82) is 0 Å². The van der Waals surface area contributed by atoms with E-state index in [0.29, 0.717) is 0 Å². The molecule has 0 saturated carbocycles. The Morgan fingerprint density at radius 1 is 1.00 bits per heavy atom. The Morgan fingerprint density at radius 3 is 2.11 bits per heavy atom. The Kier molecular flexibility index (Phi) is 6.39. The van der Waals surface area contributed by atoms with Crippen molar-refractivity contribution in [2.45, 2.75) is 51.9 Å². The maximum atomic E-state index is 4.37. The van der Waals surface area contributed by atoms with Gasteiger partial charge in [-0.25, -0.2) is 0 Å². The third kappa shape index (κ3) is 5.27. The minimum Gasteiger partial charge on any atom is -0.317 e. The van der Waals surface area contributed by atoms with E-state index in [1.807, 2.05) is 0 Å². The molecule has 0 aromatic rings. The highest BCUT2D eigenvalue weighted by Crippen LogP contribution is 2.29. The first-order chi connectivity index (χ1) is 9.25. The van der Waals surface area contributed by atoms with Crippen LogP contribution in [0.25, 0.3) is 0 Å². The third-order valence-electron chi connectivity index (χ3n) is 5.17. The quantitative estimate of drug-likeness (QED) is 0.719. The number of nitrogens with one attached hydrogen (secondary N) is 2. The summed E-state index contributed by atoms with van der Waals surface area (Å²) in [5, 5.41) is 6.91. The van der Waals surface area contributed by atoms with Gasteiger partial charge in [0.1, 0.15) is 0 Å². The summed E-state index contributed by atoms with van der Waals surface area (Å²) in [5.41, 5.74) is 1.51. The van der Waals surface area contributed by atoms with Gasteiger partial charge in [0.2, 0.25) is 0 Å². The van der Waals surface area contributed by atoms with Gasteiger partial charge in [-0.3, -0.25) is 0 Å². The summed E-state index contributed by atoms with van der Waals surface area (Å²) < 4.78 is 0. The first-order valence-electron chi connectivity index (χ1n) is 8.35. The molecule has 0 amide bonds. The topological polar surface area (TPSA) is 24.1 Å². The molecule has 0 aromatic carbocycles. The van der Waals surface area contributed by atoms with Gasteiger partial charge in [0, 0.05) is 0 Å². The molecule has 1 unspecified atom stereocenters. The first kappa shape index (κ1) is 15.1. The van der Waals surface area contributed by atoms with Gasteiger partial charge in [-0.15, -0.1) is 0 Å². The number of hydrogen-bond donors (Lipinski definition) is 2. The van der Waals surface area contributed by atoms with Gasteiger partial charge in [-0.05, 0) is 88.9 Å². The second kappa shape index (κ2) is 8.06. The highest BCUT2D eigenvalue weighted by atomic mass is 14.9. The van der Waals surface area contributed by atoms with E-state index in [9.17, 15) is 0 Å². The highest BCUT2D eigenvalue weighted by Gasteiger charge is 2.19. The molecule has 0 aromatic heterocycles. The SMILES string of the molecule is C=C(CCC1CCNCC1)C(C)CC1CCNCC1. The average Bonchev–Trinajstić information content (AvgIpc) is 2.47. The van der Waals surface area contributed by atoms with E-state index in [1.165, 1.54) is 76.7 Å². The van der Waals surface area contributed by atoms with Crippen molar-refractivity contribution in [3.8, 4) is 0 Å². The molecule has 0 bridgehead atoms. The molecule has 0 aliphatic carbocycles. The fraction of sp³-hybridized carbons (Fsp3) is 0.882. The Labute approximate surface area is 119 Å². The van der Waals surface area contributed by atoms with Crippen LogP contribution in [0.15, 0.2) is 12.2 Å². The average molecular weight is 264 g/mol. The van der Waals surface area contributed by atoms with Gasteiger partial charge < -0.3 is 10.6 Å². The van der Waals surface area contributed by atoms with Crippen LogP contribution >= 0.6 is 0 Å². The zero-order chi connectivity index (χ0) is 13.5. The number of piperidine rings is 2. The summed E-state index contributed by atoms with van der Waals surface area (Å²) in [5.74, 6) is 2.61. The Hall–Kier alpha value is -0.340. The lowest BCUT2D eigenvalue weighted by Gasteiger charge is -2.27. The molecule has 110 valence electrons. The fourth-order valence-corrected chi connectivity index (χ4v) is 3.59. The predicted octanol–water partition coefficient (Wildman–Crippen LogP) is 3.35. The molecule has 1 atom stereocenters. The summed E-state index contributed by atoms with van der Waals surface area (Å²) >= 11 is 0. The van der Waals surface area contributed by atoms with E-state index in [0.717, 1.165) is 17.8 Å². The normalized spacial score (nSPS) is 24.3. The molecule has 0 spiro atoms. The molecule has 0 radical (unpaired) electrons. The molecule has 2 N–H and O–H groups in total. The summed E-state index contributed by atoms with van der Waals surface area (Å²) in [4.78, 5) is 0. The standard InChI is InChI=1S/C17H32N2/c1-14(3-4-16-5-9-18-10-6-16)15(2)13-17-7-11-19-12-8-17/h15-19H,1,3-13H2,2H3. The van der Waals surface area contributed by atoms with E-state index in [4.69, 9.17) is 0 Å². The lowest BCUT2D eigenvalue weighted by Crippen LogP contribution is -2.29. The summed E-state index contributed by atoms with van der Waals surface area (Å²) in [6.45, 7) is 11.7. The van der Waals surface area contributed by atoms with Gasteiger partial charge in [-0.2, -0.15) is 0 Å². The monoisotopic (exact) mass is 264 g/mol. The lowest BCUT2D eigenvalue weighted by molar-refractivity contribution is 0.315. The maximum absolute atomic E-state index is 4.37. The number of allylic oxidation sites excluding steroid dienone is 1. The van der Waals surface area contributed by atoms with Gasteiger partial charge >= 0.3 is 0 Å². The van der Waals surface area contributed by atoms with Crippen molar-refractivity contribution >= 4 is 0 Å². The molecular weight excluding hydrogens is 232 g/mol. The summed E-state index contributed by atoms with van der Waals surface area (Å²) in [6, 6.07) is 0. The zero-order valence-electron chi connectivity index (χ0n) is 12.7. The molecule has 19 heavy (non-hydrogen) atoms. The summed E-state index contributed by atoms with van der Waals surface area (Å²) in [6.07, 6.45) is 9.48. The van der Waals surface area contributed by atoms with Crippen LogP contribution in [0.3, 0.4) is 0 Å². The molecular formula is C17H32N2. The highest BCUT2D eigenvalue weighted by molar-refractivity contribution is 5.00. The van der Waals surface area contributed by atoms with Crippen LogP contribution in [0.5, 0.6) is 0 Å². The van der Waals surface area contributed by atoms with E-state index < -0.39 is 0 Å². The fourth-order valence-electron chi connectivity index (χ4n) is 3.59. The van der Waals surface area contributed by atoms with Crippen molar-refractivity contribution in [2.24, 2.45) is 17.8 Å². The van der Waals surface area contributed by atoms with Crippen LogP contribution in [0.2, 0.25) is 0 Å². The lowest BCUT2D eigenvalue weighted by atomic mass is 9.82. The predicted molar refractivity (Wildman–Crippen MR) is 83.3 cm³/mol. The Bertz CT molecular complexity index is 262. The molecule has 2 saturated heterocycles. The zero-order valence-corrected chi connectivity index (χ0v) is 12.7. The second-order valence-corrected chi connectivity index (χ2v) is 6.72. The first-order valence-corrected chi connectivity index (χ1v) is 8.35. The minimum absolute atomic E-state index is 0.727. The molecule has 2 rings (SSSR count). The van der Waals surface area contributed by atoms with Crippen LogP contribution in [0.1, 0.15) is 51.9 Å². The van der Waals surface area contributed by atoms with Gasteiger partial charge in [0.25, 0.3) is 0 Å². The van der Waals surface area contributed by atoms with Gasteiger partial charge in [-0.1, -0.05) is 19.1 Å². The van der Waals surface area contributed by atoms with Crippen LogP contribution in [-0.4, -0.2) is 26.2 Å². The Morgan fingerprint density at radius 2 is 1.53 bits per heavy atom. The Balaban J connectivity index is 1.63. The van der Waals surface area contributed by atoms with Crippen molar-refractivity contribution < 1.29 is 0 Å². The van der Waals surface area contributed by atoms with E-state index in [-0.39, 0.29) is 0 Å². The molecule has 2 heterocycles. The van der Waals surface area contributed by atoms with E-state index in [2.05, 4.69) is 24.1 Å². The molecule has 2 aliphatic heterocycles. The van der Waals surface area contributed by atoms with Gasteiger partial charge in [0.15, 0.2) is 0 Å². The van der Waals surface area contributed by atoms with E-state index in [1.54, 1.807) is 0 Å². The van der Waals surface area contributed by atoms with Crippen molar-refractivity contribution in [3.05, 3.63) is 12.2 Å².